The molecule has 0 N–H and O–H groups in total. The third-order valence-electron chi connectivity index (χ3n) is 6.09. The van der Waals surface area contributed by atoms with Gasteiger partial charge in [0.1, 0.15) is 17.4 Å². The summed E-state index contributed by atoms with van der Waals surface area (Å²) in [5.74, 6) is 1.59. The number of aryl methyl sites for hydroxylation is 1. The second kappa shape index (κ2) is 9.10. The van der Waals surface area contributed by atoms with Gasteiger partial charge in [0.05, 0.1) is 30.5 Å². The number of methoxy groups -OCH3 is 1. The normalized spacial score (nSPS) is 17.5. The number of aliphatic imine (C=N–C) groups is 1. The molecule has 2 aromatic carbocycles. The zero-order valence-corrected chi connectivity index (χ0v) is 19.0. The summed E-state index contributed by atoms with van der Waals surface area (Å²) in [6, 6.07) is 13.0. The predicted molar refractivity (Wildman–Crippen MR) is 129 cm³/mol. The number of rotatable bonds is 4. The lowest BCUT2D eigenvalue weighted by Crippen LogP contribution is -2.49. The van der Waals surface area contributed by atoms with Crippen LogP contribution in [-0.2, 0) is 0 Å². The molecule has 33 heavy (non-hydrogen) atoms. The van der Waals surface area contributed by atoms with E-state index in [1.165, 1.54) is 17.7 Å². The summed E-state index contributed by atoms with van der Waals surface area (Å²) < 4.78 is 21.2. The molecule has 1 fully saturated rings. The Morgan fingerprint density at radius 2 is 1.85 bits per heavy atom. The summed E-state index contributed by atoms with van der Waals surface area (Å²) in [7, 11) is 1.69. The maximum absolute atomic E-state index is 13.5. The fourth-order valence-corrected chi connectivity index (χ4v) is 4.52. The van der Waals surface area contributed by atoms with Crippen LogP contribution in [0.5, 0.6) is 5.75 Å². The lowest BCUT2D eigenvalue weighted by atomic mass is 10.0. The SMILES string of the molecule is COc1cc(C=C2CCCN3C2=NCCCN3c2ccc(F)cc2)ccc1-n1cnc(C)c1. The number of nitrogens with zero attached hydrogens (tertiary/aromatic N) is 5. The van der Waals surface area contributed by atoms with Crippen LogP contribution >= 0.6 is 0 Å². The third kappa shape index (κ3) is 4.35. The Morgan fingerprint density at radius 3 is 2.61 bits per heavy atom. The van der Waals surface area contributed by atoms with Crippen LogP contribution in [0, 0.1) is 12.7 Å². The monoisotopic (exact) mass is 445 g/mol. The van der Waals surface area contributed by atoms with E-state index in [1.54, 1.807) is 13.4 Å². The van der Waals surface area contributed by atoms with Crippen molar-refractivity contribution in [2.24, 2.45) is 4.99 Å². The minimum absolute atomic E-state index is 0.218. The van der Waals surface area contributed by atoms with Crippen LogP contribution in [0.25, 0.3) is 11.8 Å². The largest absolute Gasteiger partial charge is 0.495 e. The van der Waals surface area contributed by atoms with Crippen LogP contribution in [-0.4, -0.2) is 47.1 Å². The van der Waals surface area contributed by atoms with Crippen LogP contribution in [0.3, 0.4) is 0 Å². The van der Waals surface area contributed by atoms with E-state index in [-0.39, 0.29) is 5.82 Å². The number of halogens is 1. The van der Waals surface area contributed by atoms with E-state index in [0.717, 1.165) is 73.1 Å². The van der Waals surface area contributed by atoms with E-state index in [9.17, 15) is 4.39 Å². The van der Waals surface area contributed by atoms with Crippen molar-refractivity contribution in [2.45, 2.75) is 26.2 Å². The number of amidine groups is 1. The van der Waals surface area contributed by atoms with E-state index in [0.29, 0.717) is 0 Å². The second-order valence-electron chi connectivity index (χ2n) is 8.41. The van der Waals surface area contributed by atoms with Gasteiger partial charge < -0.3 is 9.30 Å². The standard InChI is InChI=1S/C26H28FN5O/c1-19-17-30(18-29-19)24-11-6-20(16-25(24)33-2)15-21-5-3-13-32-26(21)28-12-4-14-31(32)23-9-7-22(27)8-10-23/h6-11,15-18H,3-5,12-14H2,1-2H3. The lowest BCUT2D eigenvalue weighted by Gasteiger charge is -2.40. The van der Waals surface area contributed by atoms with Crippen molar-refractivity contribution >= 4 is 17.6 Å². The first kappa shape index (κ1) is 21.2. The van der Waals surface area contributed by atoms with Gasteiger partial charge in [0, 0.05) is 25.8 Å². The van der Waals surface area contributed by atoms with Crippen molar-refractivity contribution < 1.29 is 9.13 Å². The van der Waals surface area contributed by atoms with Gasteiger partial charge in [-0.1, -0.05) is 6.07 Å². The first-order valence-electron chi connectivity index (χ1n) is 11.4. The maximum Gasteiger partial charge on any atom is 0.145 e. The molecule has 0 radical (unpaired) electrons. The smallest absolute Gasteiger partial charge is 0.145 e. The summed E-state index contributed by atoms with van der Waals surface area (Å²) in [6.45, 7) is 4.51. The summed E-state index contributed by atoms with van der Waals surface area (Å²) in [5, 5.41) is 4.50. The van der Waals surface area contributed by atoms with Crippen molar-refractivity contribution in [3.63, 3.8) is 0 Å². The summed E-state index contributed by atoms with van der Waals surface area (Å²) in [6.07, 6.45) is 8.96. The van der Waals surface area contributed by atoms with Crippen molar-refractivity contribution in [3.8, 4) is 11.4 Å². The Labute approximate surface area is 193 Å². The highest BCUT2D eigenvalue weighted by molar-refractivity contribution is 6.03. The van der Waals surface area contributed by atoms with Crippen molar-refractivity contribution in [2.75, 3.05) is 31.8 Å². The van der Waals surface area contributed by atoms with E-state index in [1.807, 2.05) is 29.8 Å². The molecule has 0 bridgehead atoms. The van der Waals surface area contributed by atoms with Crippen LogP contribution in [0.4, 0.5) is 10.1 Å². The zero-order chi connectivity index (χ0) is 22.8. The molecule has 1 saturated heterocycles. The number of imidazole rings is 1. The lowest BCUT2D eigenvalue weighted by molar-refractivity contribution is 0.366. The summed E-state index contributed by atoms with van der Waals surface area (Å²) >= 11 is 0. The highest BCUT2D eigenvalue weighted by atomic mass is 19.1. The van der Waals surface area contributed by atoms with Crippen LogP contribution in [0.15, 0.2) is 65.6 Å². The number of anilines is 1. The fraction of sp³-hybridized carbons (Fsp3) is 0.308. The van der Waals surface area contributed by atoms with Gasteiger partial charge in [0.15, 0.2) is 0 Å². The minimum Gasteiger partial charge on any atom is -0.495 e. The molecule has 2 aliphatic heterocycles. The van der Waals surface area contributed by atoms with Gasteiger partial charge >= 0.3 is 0 Å². The Balaban J connectivity index is 1.47. The fourth-order valence-electron chi connectivity index (χ4n) is 4.52. The minimum atomic E-state index is -0.218. The Bertz CT molecular complexity index is 1200. The molecule has 0 aliphatic carbocycles. The summed E-state index contributed by atoms with van der Waals surface area (Å²) in [5.41, 5.74) is 5.20. The molecule has 2 aliphatic rings. The first-order chi connectivity index (χ1) is 16.1. The van der Waals surface area contributed by atoms with E-state index >= 15 is 0 Å². The molecule has 0 amide bonds. The van der Waals surface area contributed by atoms with Crippen molar-refractivity contribution in [1.82, 2.24) is 14.6 Å². The van der Waals surface area contributed by atoms with E-state index < -0.39 is 0 Å². The Hall–Kier alpha value is -3.61. The second-order valence-corrected chi connectivity index (χ2v) is 8.41. The number of ether oxygens (including phenoxy) is 1. The van der Waals surface area contributed by atoms with Gasteiger partial charge in [-0.2, -0.15) is 0 Å². The van der Waals surface area contributed by atoms with Gasteiger partial charge in [-0.3, -0.25) is 15.0 Å². The van der Waals surface area contributed by atoms with Crippen LogP contribution in [0.1, 0.15) is 30.5 Å². The Morgan fingerprint density at radius 1 is 1.03 bits per heavy atom. The zero-order valence-electron chi connectivity index (χ0n) is 19.0. The quantitative estimate of drug-likeness (QED) is 0.565. The number of hydrogen-bond donors (Lipinski definition) is 0. The average Bonchev–Trinajstić information content (AvgIpc) is 3.14. The van der Waals surface area contributed by atoms with Gasteiger partial charge in [-0.25, -0.2) is 9.37 Å². The molecule has 170 valence electrons. The molecule has 5 rings (SSSR count). The summed E-state index contributed by atoms with van der Waals surface area (Å²) in [4.78, 5) is 9.27. The number of hydrogen-bond acceptors (Lipinski definition) is 5. The van der Waals surface area contributed by atoms with E-state index in [4.69, 9.17) is 9.73 Å². The molecule has 3 heterocycles. The van der Waals surface area contributed by atoms with Gasteiger partial charge in [0.2, 0.25) is 0 Å². The molecule has 7 heteroatoms. The van der Waals surface area contributed by atoms with Gasteiger partial charge in [0.25, 0.3) is 0 Å². The van der Waals surface area contributed by atoms with Gasteiger partial charge in [-0.05, 0) is 79.8 Å². The predicted octanol–water partition coefficient (Wildman–Crippen LogP) is 5.03. The molecule has 3 aromatic rings. The number of piperidine rings is 1. The topological polar surface area (TPSA) is 45.9 Å². The number of hydrazine groups is 1. The molecular weight excluding hydrogens is 417 g/mol. The van der Waals surface area contributed by atoms with Crippen molar-refractivity contribution in [3.05, 3.63) is 77.6 Å². The van der Waals surface area contributed by atoms with Gasteiger partial charge in [-0.15, -0.1) is 0 Å². The van der Waals surface area contributed by atoms with Crippen molar-refractivity contribution in [1.29, 1.82) is 0 Å². The average molecular weight is 446 g/mol. The first-order valence-corrected chi connectivity index (χ1v) is 11.4. The maximum atomic E-state index is 13.5. The molecule has 1 aromatic heterocycles. The highest BCUT2D eigenvalue weighted by Gasteiger charge is 2.28. The van der Waals surface area contributed by atoms with E-state index in [2.05, 4.69) is 39.3 Å². The molecule has 0 atom stereocenters. The number of aromatic nitrogens is 2. The molecule has 0 unspecified atom stereocenters. The molecular formula is C26H28FN5O. The van der Waals surface area contributed by atoms with Crippen LogP contribution in [0.2, 0.25) is 0 Å². The molecule has 0 spiro atoms. The number of benzene rings is 2. The Kier molecular flexibility index (Phi) is 5.86. The highest BCUT2D eigenvalue weighted by Crippen LogP contribution is 2.30. The van der Waals surface area contributed by atoms with Crippen LogP contribution < -0.4 is 9.75 Å². The number of fused-ring (bicyclic) bond motifs is 1. The molecule has 6 nitrogen and oxygen atoms in total. The third-order valence-corrected chi connectivity index (χ3v) is 6.09. The molecule has 0 saturated carbocycles.